The number of thioether (sulfide) groups is 1. The fraction of sp³-hybridized carbons (Fsp3) is 0.150. The second-order valence-corrected chi connectivity index (χ2v) is 6.69. The maximum absolute atomic E-state index is 12.7. The Morgan fingerprint density at radius 2 is 1.93 bits per heavy atom. The molecule has 1 aromatic carbocycles. The number of nitrogens with one attached hydrogen (secondary N) is 1. The highest BCUT2D eigenvalue weighted by Gasteiger charge is 2.36. The molecule has 1 aliphatic heterocycles. The Morgan fingerprint density at radius 3 is 2.56 bits per heavy atom. The number of amides is 1. The summed E-state index contributed by atoms with van der Waals surface area (Å²) in [6.07, 6.45) is 1.54. The van der Waals surface area contributed by atoms with Crippen molar-refractivity contribution < 1.29 is 23.5 Å². The number of rotatable bonds is 5. The first-order valence-electron chi connectivity index (χ1n) is 8.28. The minimum Gasteiger partial charge on any atom is -0.462 e. The molecule has 7 heteroatoms. The molecule has 0 atom stereocenters. The molecule has 0 unspecified atom stereocenters. The molecule has 0 saturated heterocycles. The van der Waals surface area contributed by atoms with E-state index in [2.05, 4.69) is 5.32 Å². The van der Waals surface area contributed by atoms with Gasteiger partial charge in [0.25, 0.3) is 5.91 Å². The molecule has 2 aromatic rings. The first-order chi connectivity index (χ1) is 13.0. The Balaban J connectivity index is 1.91. The molecule has 0 spiro atoms. The van der Waals surface area contributed by atoms with Crippen LogP contribution in [-0.2, 0) is 14.3 Å². The quantitative estimate of drug-likeness (QED) is 0.484. The van der Waals surface area contributed by atoms with E-state index in [1.807, 2.05) is 0 Å². The summed E-state index contributed by atoms with van der Waals surface area (Å²) >= 11 is 1.01. The zero-order chi connectivity index (χ0) is 19.4. The van der Waals surface area contributed by atoms with Gasteiger partial charge in [-0.25, -0.2) is 4.79 Å². The second kappa shape index (κ2) is 8.09. The first-order valence-corrected chi connectivity index (χ1v) is 9.09. The molecule has 138 valence electrons. The van der Waals surface area contributed by atoms with E-state index in [9.17, 15) is 14.4 Å². The van der Waals surface area contributed by atoms with E-state index in [4.69, 9.17) is 9.15 Å². The SMILES string of the molecule is CCOC(=O)C1=C(NC(=O)c2ccccc2)S/C(=C\c2ccc(C)o2)C1=O. The standard InChI is InChI=1S/C20H17NO5S/c1-3-25-20(24)16-17(22)15(11-14-10-9-12(2)26-14)27-19(16)21-18(23)13-7-5-4-6-8-13/h4-11H,3H2,1-2H3,(H,21,23)/b15-11-. The molecular weight excluding hydrogens is 366 g/mol. The van der Waals surface area contributed by atoms with Gasteiger partial charge in [-0.2, -0.15) is 0 Å². The van der Waals surface area contributed by atoms with Crippen LogP contribution in [0.4, 0.5) is 0 Å². The molecule has 0 fully saturated rings. The van der Waals surface area contributed by atoms with Gasteiger partial charge >= 0.3 is 5.97 Å². The largest absolute Gasteiger partial charge is 0.462 e. The summed E-state index contributed by atoms with van der Waals surface area (Å²) in [5.41, 5.74) is 0.237. The maximum Gasteiger partial charge on any atom is 0.344 e. The van der Waals surface area contributed by atoms with Crippen LogP contribution >= 0.6 is 11.8 Å². The number of aryl methyl sites for hydroxylation is 1. The van der Waals surface area contributed by atoms with Crippen molar-refractivity contribution in [2.24, 2.45) is 0 Å². The summed E-state index contributed by atoms with van der Waals surface area (Å²) < 4.78 is 10.4. The molecule has 1 N–H and O–H groups in total. The number of ketones is 1. The normalized spacial score (nSPS) is 15.3. The van der Waals surface area contributed by atoms with Crippen molar-refractivity contribution in [3.05, 3.63) is 75.1 Å². The van der Waals surface area contributed by atoms with Gasteiger partial charge < -0.3 is 14.5 Å². The van der Waals surface area contributed by atoms with Crippen LogP contribution in [0.15, 0.2) is 62.4 Å². The van der Waals surface area contributed by atoms with Crippen LogP contribution in [0.2, 0.25) is 0 Å². The van der Waals surface area contributed by atoms with Crippen molar-refractivity contribution in [1.29, 1.82) is 0 Å². The first kappa shape index (κ1) is 18.7. The highest BCUT2D eigenvalue weighted by Crippen LogP contribution is 2.38. The topological polar surface area (TPSA) is 85.6 Å². The van der Waals surface area contributed by atoms with Gasteiger partial charge in [0.2, 0.25) is 5.78 Å². The average Bonchev–Trinajstić information content (AvgIpc) is 3.19. The summed E-state index contributed by atoms with van der Waals surface area (Å²) in [6, 6.07) is 12.0. The molecule has 0 aliphatic carbocycles. The van der Waals surface area contributed by atoms with Crippen LogP contribution in [0, 0.1) is 6.92 Å². The molecule has 1 amide bonds. The number of Topliss-reactive ketones (excluding diaryl/α,β-unsaturated/α-hetero) is 1. The lowest BCUT2D eigenvalue weighted by atomic mass is 10.1. The van der Waals surface area contributed by atoms with E-state index in [0.29, 0.717) is 17.1 Å². The van der Waals surface area contributed by atoms with Crippen molar-refractivity contribution in [2.45, 2.75) is 13.8 Å². The van der Waals surface area contributed by atoms with Gasteiger partial charge in [0.15, 0.2) is 0 Å². The van der Waals surface area contributed by atoms with Gasteiger partial charge in [-0.05, 0) is 44.2 Å². The molecule has 0 saturated carbocycles. The number of esters is 1. The minimum absolute atomic E-state index is 0.122. The predicted octanol–water partition coefficient (Wildman–Crippen LogP) is 3.45. The Bertz CT molecular complexity index is 956. The molecular formula is C20H17NO5S. The second-order valence-electron chi connectivity index (χ2n) is 5.63. The minimum atomic E-state index is -0.766. The number of hydrogen-bond donors (Lipinski definition) is 1. The molecule has 1 aliphatic rings. The Labute approximate surface area is 160 Å². The van der Waals surface area contributed by atoms with Gasteiger partial charge in [0.1, 0.15) is 17.1 Å². The monoisotopic (exact) mass is 383 g/mol. The van der Waals surface area contributed by atoms with Crippen molar-refractivity contribution in [2.75, 3.05) is 6.61 Å². The third kappa shape index (κ3) is 4.20. The molecule has 3 rings (SSSR count). The fourth-order valence-corrected chi connectivity index (χ4v) is 3.44. The fourth-order valence-electron chi connectivity index (χ4n) is 2.43. The lowest BCUT2D eigenvalue weighted by molar-refractivity contribution is -0.139. The van der Waals surface area contributed by atoms with E-state index in [1.54, 1.807) is 62.4 Å². The third-order valence-electron chi connectivity index (χ3n) is 3.67. The molecule has 6 nitrogen and oxygen atoms in total. The van der Waals surface area contributed by atoms with Crippen LogP contribution in [0.3, 0.4) is 0 Å². The van der Waals surface area contributed by atoms with Crippen LogP contribution in [-0.4, -0.2) is 24.3 Å². The molecule has 0 bridgehead atoms. The Hall–Kier alpha value is -3.06. The van der Waals surface area contributed by atoms with E-state index in [-0.39, 0.29) is 22.1 Å². The van der Waals surface area contributed by atoms with E-state index < -0.39 is 17.7 Å². The average molecular weight is 383 g/mol. The van der Waals surface area contributed by atoms with Crippen LogP contribution in [0.5, 0.6) is 0 Å². The van der Waals surface area contributed by atoms with Gasteiger partial charge in [-0.15, -0.1) is 0 Å². The number of hydrogen-bond acceptors (Lipinski definition) is 6. The number of carbonyl (C=O) groups excluding carboxylic acids is 3. The molecule has 1 aromatic heterocycles. The third-order valence-corrected chi connectivity index (χ3v) is 4.70. The number of furan rings is 1. The lowest BCUT2D eigenvalue weighted by Gasteiger charge is -2.07. The lowest BCUT2D eigenvalue weighted by Crippen LogP contribution is -2.24. The summed E-state index contributed by atoms with van der Waals surface area (Å²) in [7, 11) is 0. The number of allylic oxidation sites excluding steroid dienone is 1. The summed E-state index contributed by atoms with van der Waals surface area (Å²) in [4.78, 5) is 37.7. The smallest absolute Gasteiger partial charge is 0.344 e. The zero-order valence-corrected chi connectivity index (χ0v) is 15.6. The molecule has 27 heavy (non-hydrogen) atoms. The predicted molar refractivity (Wildman–Crippen MR) is 102 cm³/mol. The van der Waals surface area contributed by atoms with Crippen LogP contribution in [0.25, 0.3) is 6.08 Å². The summed E-state index contributed by atoms with van der Waals surface area (Å²) in [6.45, 7) is 3.56. The molecule has 0 radical (unpaired) electrons. The van der Waals surface area contributed by atoms with Crippen molar-refractivity contribution in [3.8, 4) is 0 Å². The Kier molecular flexibility index (Phi) is 5.61. The number of ether oxygens (including phenoxy) is 1. The van der Waals surface area contributed by atoms with Gasteiger partial charge in [0, 0.05) is 5.56 Å². The number of benzene rings is 1. The highest BCUT2D eigenvalue weighted by atomic mass is 32.2. The number of carbonyl (C=O) groups is 3. The van der Waals surface area contributed by atoms with Crippen LogP contribution < -0.4 is 5.32 Å². The zero-order valence-electron chi connectivity index (χ0n) is 14.8. The van der Waals surface area contributed by atoms with Crippen molar-refractivity contribution in [1.82, 2.24) is 5.32 Å². The molecule has 2 heterocycles. The van der Waals surface area contributed by atoms with Gasteiger partial charge in [0.05, 0.1) is 16.5 Å². The van der Waals surface area contributed by atoms with Gasteiger partial charge in [-0.3, -0.25) is 9.59 Å². The van der Waals surface area contributed by atoms with Gasteiger partial charge in [-0.1, -0.05) is 30.0 Å². The highest BCUT2D eigenvalue weighted by molar-refractivity contribution is 8.08. The summed E-state index contributed by atoms with van der Waals surface area (Å²) in [5.74, 6) is -0.494. The van der Waals surface area contributed by atoms with Crippen molar-refractivity contribution >= 4 is 35.5 Å². The van der Waals surface area contributed by atoms with Crippen LogP contribution in [0.1, 0.15) is 28.8 Å². The maximum atomic E-state index is 12.7. The van der Waals surface area contributed by atoms with E-state index >= 15 is 0 Å². The van der Waals surface area contributed by atoms with Crippen molar-refractivity contribution in [3.63, 3.8) is 0 Å². The van der Waals surface area contributed by atoms with E-state index in [0.717, 1.165) is 11.8 Å². The Morgan fingerprint density at radius 1 is 1.19 bits per heavy atom. The van der Waals surface area contributed by atoms with E-state index in [1.165, 1.54) is 0 Å². The summed E-state index contributed by atoms with van der Waals surface area (Å²) in [5, 5.41) is 2.80.